The van der Waals surface area contributed by atoms with Crippen LogP contribution in [0.4, 0.5) is 0 Å². The number of benzene rings is 1. The monoisotopic (exact) mass is 304 g/mol. The number of ether oxygens (including phenoxy) is 1. The third-order valence-corrected chi connectivity index (χ3v) is 3.44. The Bertz CT molecular complexity index is 421. The van der Waals surface area contributed by atoms with Crippen molar-refractivity contribution in [2.24, 2.45) is 0 Å². The van der Waals surface area contributed by atoms with E-state index in [9.17, 15) is 9.90 Å². The summed E-state index contributed by atoms with van der Waals surface area (Å²) in [5.74, 6) is -0.562. The molecule has 106 valence electrons. The highest BCUT2D eigenvalue weighted by atomic mass is 35.5. The van der Waals surface area contributed by atoms with Gasteiger partial charge in [0.25, 0.3) is 0 Å². The molecule has 0 aliphatic heterocycles. The Morgan fingerprint density at radius 2 is 2.11 bits per heavy atom. The molecule has 1 aromatic rings. The number of hydrogen-bond donors (Lipinski definition) is 1. The van der Waals surface area contributed by atoms with Crippen LogP contribution in [0.15, 0.2) is 18.2 Å². The lowest BCUT2D eigenvalue weighted by Crippen LogP contribution is -2.24. The van der Waals surface area contributed by atoms with Gasteiger partial charge in [-0.2, -0.15) is 0 Å². The zero-order chi connectivity index (χ0) is 14.3. The lowest BCUT2D eigenvalue weighted by molar-refractivity contribution is -0.153. The van der Waals surface area contributed by atoms with Gasteiger partial charge in [0.2, 0.25) is 0 Å². The predicted molar refractivity (Wildman–Crippen MR) is 76.7 cm³/mol. The van der Waals surface area contributed by atoms with Crippen molar-refractivity contribution < 1.29 is 14.6 Å². The van der Waals surface area contributed by atoms with Crippen LogP contribution in [0, 0.1) is 0 Å². The molecule has 0 amide bonds. The maximum atomic E-state index is 11.4. The normalized spacial score (nSPS) is 12.2. The summed E-state index contributed by atoms with van der Waals surface area (Å²) in [5.41, 5.74) is 0.926. The summed E-state index contributed by atoms with van der Waals surface area (Å²) in [5, 5.41) is 10.6. The fourth-order valence-electron chi connectivity index (χ4n) is 1.53. The third kappa shape index (κ3) is 5.81. The topological polar surface area (TPSA) is 46.5 Å². The van der Waals surface area contributed by atoms with Gasteiger partial charge in [0.05, 0.1) is 16.7 Å². The van der Waals surface area contributed by atoms with Gasteiger partial charge in [-0.15, -0.1) is 0 Å². The molecule has 3 nitrogen and oxygen atoms in total. The zero-order valence-electron chi connectivity index (χ0n) is 10.9. The number of carbonyl (C=O) groups excluding carboxylic acids is 1. The Hall–Kier alpha value is -0.770. The van der Waals surface area contributed by atoms with Crippen LogP contribution >= 0.6 is 23.2 Å². The van der Waals surface area contributed by atoms with Crippen LogP contribution in [-0.4, -0.2) is 23.8 Å². The molecule has 1 N–H and O–H groups in total. The van der Waals surface area contributed by atoms with Gasteiger partial charge in [0, 0.05) is 0 Å². The molecule has 0 heterocycles. The minimum atomic E-state index is -1.09. The number of unbranched alkanes of at least 4 members (excludes halogenated alkanes) is 1. The van der Waals surface area contributed by atoms with Crippen molar-refractivity contribution in [2.45, 2.75) is 38.7 Å². The number of hydrogen-bond acceptors (Lipinski definition) is 3. The van der Waals surface area contributed by atoms with E-state index in [0.717, 1.165) is 18.4 Å². The van der Waals surface area contributed by atoms with Crippen LogP contribution in [0.1, 0.15) is 31.7 Å². The lowest BCUT2D eigenvalue weighted by atomic mass is 10.1. The quantitative estimate of drug-likeness (QED) is 0.618. The second-order valence-electron chi connectivity index (χ2n) is 4.32. The standard InChI is InChI=1S/C14H18Cl2O3/c1-2-3-8-19-14(18)13(17)7-5-10-4-6-11(15)12(16)9-10/h4,6,9,13,17H,2-3,5,7-8H2,1H3/t13-/m1/s1. The first-order chi connectivity index (χ1) is 9.04. The number of rotatable bonds is 7. The van der Waals surface area contributed by atoms with E-state index in [-0.39, 0.29) is 0 Å². The summed E-state index contributed by atoms with van der Waals surface area (Å²) in [6, 6.07) is 5.26. The van der Waals surface area contributed by atoms with E-state index in [2.05, 4.69) is 0 Å². The van der Waals surface area contributed by atoms with Crippen LogP contribution in [0.5, 0.6) is 0 Å². The summed E-state index contributed by atoms with van der Waals surface area (Å²) < 4.78 is 4.94. The Kier molecular flexibility index (Phi) is 7.21. The number of halogens is 2. The number of carbonyl (C=O) groups is 1. The third-order valence-electron chi connectivity index (χ3n) is 2.70. The smallest absolute Gasteiger partial charge is 0.334 e. The summed E-state index contributed by atoms with van der Waals surface area (Å²) >= 11 is 11.7. The maximum absolute atomic E-state index is 11.4. The number of aliphatic hydroxyl groups excluding tert-OH is 1. The van der Waals surface area contributed by atoms with Gasteiger partial charge in [-0.3, -0.25) is 0 Å². The Labute approximate surface area is 123 Å². The van der Waals surface area contributed by atoms with Crippen LogP contribution in [0.3, 0.4) is 0 Å². The molecule has 0 radical (unpaired) electrons. The maximum Gasteiger partial charge on any atom is 0.334 e. The minimum absolute atomic E-state index is 0.308. The Balaban J connectivity index is 2.38. The number of aryl methyl sites for hydroxylation is 1. The van der Waals surface area contributed by atoms with Gasteiger partial charge in [0.15, 0.2) is 6.10 Å². The first kappa shape index (κ1) is 16.3. The molecule has 1 atom stereocenters. The Morgan fingerprint density at radius 1 is 1.37 bits per heavy atom. The molecule has 0 saturated carbocycles. The van der Waals surface area contributed by atoms with Crippen molar-refractivity contribution >= 4 is 29.2 Å². The molecule has 0 aliphatic rings. The van der Waals surface area contributed by atoms with Crippen LogP contribution in [-0.2, 0) is 16.0 Å². The molecule has 0 bridgehead atoms. The molecule has 1 rings (SSSR count). The minimum Gasteiger partial charge on any atom is -0.464 e. The van der Waals surface area contributed by atoms with Crippen LogP contribution in [0.25, 0.3) is 0 Å². The van der Waals surface area contributed by atoms with E-state index in [1.165, 1.54) is 0 Å². The summed E-state index contributed by atoms with van der Waals surface area (Å²) in [4.78, 5) is 11.4. The van der Waals surface area contributed by atoms with E-state index in [1.807, 2.05) is 13.0 Å². The second kappa shape index (κ2) is 8.41. The summed E-state index contributed by atoms with van der Waals surface area (Å²) in [6.07, 6.45) is 1.52. The van der Waals surface area contributed by atoms with Crippen molar-refractivity contribution in [2.75, 3.05) is 6.61 Å². The van der Waals surface area contributed by atoms with Crippen molar-refractivity contribution in [3.8, 4) is 0 Å². The number of aliphatic hydroxyl groups is 1. The second-order valence-corrected chi connectivity index (χ2v) is 5.14. The molecule has 0 unspecified atom stereocenters. The molecule has 0 fully saturated rings. The van der Waals surface area contributed by atoms with E-state index < -0.39 is 12.1 Å². The fourth-order valence-corrected chi connectivity index (χ4v) is 1.85. The van der Waals surface area contributed by atoms with Crippen molar-refractivity contribution in [1.82, 2.24) is 0 Å². The van der Waals surface area contributed by atoms with Gasteiger partial charge in [-0.05, 0) is 37.0 Å². The van der Waals surface area contributed by atoms with Gasteiger partial charge in [-0.1, -0.05) is 42.6 Å². The molecule has 19 heavy (non-hydrogen) atoms. The van der Waals surface area contributed by atoms with Gasteiger partial charge < -0.3 is 9.84 Å². The molecular weight excluding hydrogens is 287 g/mol. The molecule has 5 heteroatoms. The molecule has 0 spiro atoms. The first-order valence-corrected chi connectivity index (χ1v) is 7.08. The average molecular weight is 305 g/mol. The average Bonchev–Trinajstić information content (AvgIpc) is 2.40. The van der Waals surface area contributed by atoms with Crippen molar-refractivity contribution in [3.63, 3.8) is 0 Å². The number of esters is 1. The molecular formula is C14H18Cl2O3. The van der Waals surface area contributed by atoms with E-state index in [1.54, 1.807) is 12.1 Å². The highest BCUT2D eigenvalue weighted by Crippen LogP contribution is 2.23. The summed E-state index contributed by atoms with van der Waals surface area (Å²) in [7, 11) is 0. The zero-order valence-corrected chi connectivity index (χ0v) is 12.4. The molecule has 0 saturated heterocycles. The Morgan fingerprint density at radius 3 is 2.74 bits per heavy atom. The first-order valence-electron chi connectivity index (χ1n) is 6.33. The lowest BCUT2D eigenvalue weighted by Gasteiger charge is -2.10. The van der Waals surface area contributed by atoms with Crippen molar-refractivity contribution in [3.05, 3.63) is 33.8 Å². The van der Waals surface area contributed by atoms with E-state index in [4.69, 9.17) is 27.9 Å². The van der Waals surface area contributed by atoms with Crippen molar-refractivity contribution in [1.29, 1.82) is 0 Å². The van der Waals surface area contributed by atoms with Crippen LogP contribution in [0.2, 0.25) is 10.0 Å². The van der Waals surface area contributed by atoms with E-state index in [0.29, 0.717) is 29.5 Å². The summed E-state index contributed by atoms with van der Waals surface area (Å²) in [6.45, 7) is 2.37. The van der Waals surface area contributed by atoms with E-state index >= 15 is 0 Å². The molecule has 1 aromatic carbocycles. The van der Waals surface area contributed by atoms with Gasteiger partial charge >= 0.3 is 5.97 Å². The molecule has 0 aliphatic carbocycles. The fraction of sp³-hybridized carbons (Fsp3) is 0.500. The highest BCUT2D eigenvalue weighted by Gasteiger charge is 2.16. The van der Waals surface area contributed by atoms with Crippen LogP contribution < -0.4 is 0 Å². The predicted octanol–water partition coefficient (Wildman–Crippen LogP) is 3.63. The van der Waals surface area contributed by atoms with Gasteiger partial charge in [-0.25, -0.2) is 4.79 Å². The molecule has 0 aromatic heterocycles. The van der Waals surface area contributed by atoms with Gasteiger partial charge in [0.1, 0.15) is 0 Å². The highest BCUT2D eigenvalue weighted by molar-refractivity contribution is 6.42. The SMILES string of the molecule is CCCCOC(=O)[C@H](O)CCc1ccc(Cl)c(Cl)c1. The largest absolute Gasteiger partial charge is 0.464 e.